The third kappa shape index (κ3) is 5.35. The van der Waals surface area contributed by atoms with Crippen molar-refractivity contribution >= 4 is 16.9 Å². The standard InChI is InChI=1S/C27H29N3O2/c1-20-12-13-21(2)25(18-20)32-19-27(31)28-16-14-26-29-23-10-6-7-11-24(23)30(26)17-15-22-8-4-3-5-9-22/h3-13,18H,14-17,19H2,1-2H3,(H,28,31). The van der Waals surface area contributed by atoms with Crippen LogP contribution in [0.4, 0.5) is 0 Å². The Labute approximate surface area is 189 Å². The fraction of sp³-hybridized carbons (Fsp3) is 0.259. The molecule has 0 saturated carbocycles. The van der Waals surface area contributed by atoms with Crippen LogP contribution in [0.25, 0.3) is 11.0 Å². The van der Waals surface area contributed by atoms with E-state index >= 15 is 0 Å². The fourth-order valence-corrected chi connectivity index (χ4v) is 3.82. The predicted molar refractivity (Wildman–Crippen MR) is 128 cm³/mol. The molecule has 1 amide bonds. The summed E-state index contributed by atoms with van der Waals surface area (Å²) >= 11 is 0. The maximum atomic E-state index is 12.3. The largest absolute Gasteiger partial charge is 0.483 e. The van der Waals surface area contributed by atoms with Crippen LogP contribution in [0.3, 0.4) is 0 Å². The van der Waals surface area contributed by atoms with Gasteiger partial charge >= 0.3 is 0 Å². The molecule has 1 N–H and O–H groups in total. The summed E-state index contributed by atoms with van der Waals surface area (Å²) in [6.45, 7) is 5.37. The highest BCUT2D eigenvalue weighted by molar-refractivity contribution is 5.78. The van der Waals surface area contributed by atoms with Gasteiger partial charge in [0.2, 0.25) is 0 Å². The van der Waals surface area contributed by atoms with Crippen molar-refractivity contribution in [2.45, 2.75) is 33.2 Å². The molecule has 0 unspecified atom stereocenters. The van der Waals surface area contributed by atoms with Gasteiger partial charge in [0.15, 0.2) is 6.61 Å². The quantitative estimate of drug-likeness (QED) is 0.424. The van der Waals surface area contributed by atoms with Crippen LogP contribution in [-0.2, 0) is 24.2 Å². The number of para-hydroxylation sites is 2. The normalized spacial score (nSPS) is 10.9. The van der Waals surface area contributed by atoms with Crippen molar-refractivity contribution in [3.8, 4) is 5.75 Å². The zero-order chi connectivity index (χ0) is 22.3. The molecule has 4 aromatic rings. The molecule has 0 bridgehead atoms. The molecule has 5 nitrogen and oxygen atoms in total. The maximum absolute atomic E-state index is 12.3. The second-order valence-electron chi connectivity index (χ2n) is 8.06. The van der Waals surface area contributed by atoms with E-state index in [2.05, 4.69) is 40.2 Å². The van der Waals surface area contributed by atoms with Crippen molar-refractivity contribution in [1.82, 2.24) is 14.9 Å². The van der Waals surface area contributed by atoms with Crippen LogP contribution in [0.15, 0.2) is 72.8 Å². The smallest absolute Gasteiger partial charge is 0.257 e. The predicted octanol–water partition coefficient (Wildman–Crippen LogP) is 4.63. The Bertz CT molecular complexity index is 1200. The number of ether oxygens (including phenoxy) is 1. The monoisotopic (exact) mass is 427 g/mol. The topological polar surface area (TPSA) is 56.1 Å². The molecular weight excluding hydrogens is 398 g/mol. The summed E-state index contributed by atoms with van der Waals surface area (Å²) in [5.41, 5.74) is 5.55. The first-order valence-electron chi connectivity index (χ1n) is 11.0. The number of fused-ring (bicyclic) bond motifs is 1. The molecule has 5 heteroatoms. The van der Waals surface area contributed by atoms with E-state index < -0.39 is 0 Å². The Kier molecular flexibility index (Phi) is 6.85. The van der Waals surface area contributed by atoms with Crippen molar-refractivity contribution in [2.24, 2.45) is 0 Å². The fourth-order valence-electron chi connectivity index (χ4n) is 3.82. The number of nitrogens with zero attached hydrogens (tertiary/aromatic N) is 2. The van der Waals surface area contributed by atoms with Gasteiger partial charge in [0, 0.05) is 19.5 Å². The molecule has 0 radical (unpaired) electrons. The average molecular weight is 428 g/mol. The van der Waals surface area contributed by atoms with E-state index in [0.29, 0.717) is 13.0 Å². The lowest BCUT2D eigenvalue weighted by atomic mass is 10.1. The molecule has 4 rings (SSSR count). The van der Waals surface area contributed by atoms with Crippen molar-refractivity contribution in [1.29, 1.82) is 0 Å². The number of nitrogens with one attached hydrogen (secondary N) is 1. The summed E-state index contributed by atoms with van der Waals surface area (Å²) in [6, 6.07) is 24.6. The highest BCUT2D eigenvalue weighted by Gasteiger charge is 2.11. The summed E-state index contributed by atoms with van der Waals surface area (Å²) < 4.78 is 7.97. The van der Waals surface area contributed by atoms with Gasteiger partial charge in [-0.1, -0.05) is 54.6 Å². The number of hydrogen-bond donors (Lipinski definition) is 1. The second kappa shape index (κ2) is 10.1. The van der Waals surface area contributed by atoms with Crippen molar-refractivity contribution in [3.63, 3.8) is 0 Å². The van der Waals surface area contributed by atoms with E-state index in [4.69, 9.17) is 9.72 Å². The molecular formula is C27H29N3O2. The molecule has 0 spiro atoms. The third-order valence-electron chi connectivity index (χ3n) is 5.57. The third-order valence-corrected chi connectivity index (χ3v) is 5.57. The molecule has 32 heavy (non-hydrogen) atoms. The van der Waals surface area contributed by atoms with Gasteiger partial charge in [0.05, 0.1) is 11.0 Å². The summed E-state index contributed by atoms with van der Waals surface area (Å²) in [6.07, 6.45) is 1.60. The van der Waals surface area contributed by atoms with E-state index in [1.807, 2.05) is 56.3 Å². The van der Waals surface area contributed by atoms with Gasteiger partial charge in [-0.25, -0.2) is 4.98 Å². The Morgan fingerprint density at radius 3 is 2.59 bits per heavy atom. The lowest BCUT2D eigenvalue weighted by Gasteiger charge is -2.11. The van der Waals surface area contributed by atoms with E-state index in [1.54, 1.807) is 0 Å². The van der Waals surface area contributed by atoms with Gasteiger partial charge in [0.1, 0.15) is 11.6 Å². The Morgan fingerprint density at radius 1 is 0.969 bits per heavy atom. The molecule has 1 aromatic heterocycles. The SMILES string of the molecule is Cc1ccc(C)c(OCC(=O)NCCc2nc3ccccc3n2CCc2ccccc2)c1. The van der Waals surface area contributed by atoms with Crippen molar-refractivity contribution in [2.75, 3.05) is 13.2 Å². The minimum atomic E-state index is -0.127. The van der Waals surface area contributed by atoms with Crippen LogP contribution < -0.4 is 10.1 Å². The van der Waals surface area contributed by atoms with Gasteiger partial charge in [0.25, 0.3) is 5.91 Å². The Morgan fingerprint density at radius 2 is 1.75 bits per heavy atom. The number of carbonyl (C=O) groups excluding carboxylic acids is 1. The molecule has 0 atom stereocenters. The first kappa shape index (κ1) is 21.6. The van der Waals surface area contributed by atoms with Crippen molar-refractivity contribution in [3.05, 3.63) is 95.3 Å². The highest BCUT2D eigenvalue weighted by Crippen LogP contribution is 2.19. The summed E-state index contributed by atoms with van der Waals surface area (Å²) in [5, 5.41) is 2.96. The Hall–Kier alpha value is -3.60. The molecule has 3 aromatic carbocycles. The zero-order valence-corrected chi connectivity index (χ0v) is 18.7. The van der Waals surface area contributed by atoms with Crippen LogP contribution in [0.2, 0.25) is 0 Å². The van der Waals surface area contributed by atoms with Crippen LogP contribution in [0.1, 0.15) is 22.5 Å². The van der Waals surface area contributed by atoms with E-state index in [0.717, 1.165) is 46.7 Å². The van der Waals surface area contributed by atoms with E-state index in [9.17, 15) is 4.79 Å². The number of rotatable bonds is 9. The second-order valence-corrected chi connectivity index (χ2v) is 8.06. The summed E-state index contributed by atoms with van der Waals surface area (Å²) in [5.74, 6) is 1.61. The molecule has 0 aliphatic rings. The number of imidazole rings is 1. The van der Waals surface area contributed by atoms with Gasteiger partial charge in [-0.3, -0.25) is 4.79 Å². The van der Waals surface area contributed by atoms with Gasteiger partial charge in [-0.2, -0.15) is 0 Å². The van der Waals surface area contributed by atoms with Crippen molar-refractivity contribution < 1.29 is 9.53 Å². The van der Waals surface area contributed by atoms with E-state index in [-0.39, 0.29) is 12.5 Å². The number of amides is 1. The van der Waals surface area contributed by atoms with Gasteiger partial charge in [-0.15, -0.1) is 0 Å². The zero-order valence-electron chi connectivity index (χ0n) is 18.7. The summed E-state index contributed by atoms with van der Waals surface area (Å²) in [7, 11) is 0. The molecule has 0 aliphatic heterocycles. The maximum Gasteiger partial charge on any atom is 0.257 e. The Balaban J connectivity index is 1.36. The molecule has 0 saturated heterocycles. The molecule has 0 fully saturated rings. The number of carbonyl (C=O) groups is 1. The molecule has 0 aliphatic carbocycles. The molecule has 164 valence electrons. The minimum absolute atomic E-state index is 0.00865. The lowest BCUT2D eigenvalue weighted by molar-refractivity contribution is -0.123. The van der Waals surface area contributed by atoms with Gasteiger partial charge < -0.3 is 14.6 Å². The number of benzene rings is 3. The van der Waals surface area contributed by atoms with Gasteiger partial charge in [-0.05, 0) is 55.2 Å². The van der Waals surface area contributed by atoms with E-state index in [1.165, 1.54) is 5.56 Å². The minimum Gasteiger partial charge on any atom is -0.483 e. The number of aryl methyl sites for hydroxylation is 4. The number of hydrogen-bond acceptors (Lipinski definition) is 3. The first-order chi connectivity index (χ1) is 15.6. The van der Waals surface area contributed by atoms with Crippen LogP contribution >= 0.6 is 0 Å². The van der Waals surface area contributed by atoms with Crippen LogP contribution in [-0.4, -0.2) is 28.6 Å². The summed E-state index contributed by atoms with van der Waals surface area (Å²) in [4.78, 5) is 17.1. The average Bonchev–Trinajstić information content (AvgIpc) is 3.16. The van der Waals surface area contributed by atoms with Crippen LogP contribution in [0, 0.1) is 13.8 Å². The molecule has 1 heterocycles. The number of aromatic nitrogens is 2. The highest BCUT2D eigenvalue weighted by atomic mass is 16.5. The lowest BCUT2D eigenvalue weighted by Crippen LogP contribution is -2.31. The first-order valence-corrected chi connectivity index (χ1v) is 11.0. The van der Waals surface area contributed by atoms with Crippen LogP contribution in [0.5, 0.6) is 5.75 Å².